The summed E-state index contributed by atoms with van der Waals surface area (Å²) in [4.78, 5) is 23.9. The number of hydrogen-bond donors (Lipinski definition) is 2. The minimum Gasteiger partial charge on any atom is -0.377 e. The fourth-order valence-electron chi connectivity index (χ4n) is 4.54. The van der Waals surface area contributed by atoms with Crippen molar-refractivity contribution in [1.29, 1.82) is 0 Å². The van der Waals surface area contributed by atoms with Crippen LogP contribution in [0.4, 0.5) is 16.3 Å². The topological polar surface area (TPSA) is 114 Å². The highest BCUT2D eigenvalue weighted by Gasteiger charge is 2.48. The predicted molar refractivity (Wildman–Crippen MR) is 131 cm³/mol. The summed E-state index contributed by atoms with van der Waals surface area (Å²) in [6, 6.07) is 7.52. The minimum atomic E-state index is -3.41. The van der Waals surface area contributed by atoms with Crippen molar-refractivity contribution in [2.75, 3.05) is 30.0 Å². The van der Waals surface area contributed by atoms with Crippen molar-refractivity contribution in [3.63, 3.8) is 0 Å². The number of carbonyl (C=O) groups excluding carboxylic acids is 1. The van der Waals surface area contributed by atoms with E-state index in [-0.39, 0.29) is 23.9 Å². The molecule has 1 unspecified atom stereocenters. The molecule has 0 spiro atoms. The number of carbonyl (C=O) groups is 1. The fourth-order valence-corrected chi connectivity index (χ4v) is 6.01. The number of nitrogens with zero attached hydrogens (tertiary/aromatic N) is 3. The molecule has 9 nitrogen and oxygen atoms in total. The van der Waals surface area contributed by atoms with Crippen LogP contribution in [0, 0.1) is 0 Å². The number of ether oxygens (including phenoxy) is 1. The van der Waals surface area contributed by atoms with E-state index in [4.69, 9.17) is 14.7 Å². The summed E-state index contributed by atoms with van der Waals surface area (Å²) in [5.41, 5.74) is 2.70. The van der Waals surface area contributed by atoms with Gasteiger partial charge in [-0.3, -0.25) is 0 Å². The van der Waals surface area contributed by atoms with E-state index in [2.05, 4.69) is 22.5 Å². The first-order valence-corrected chi connectivity index (χ1v) is 13.5. The Kier molecular flexibility index (Phi) is 5.76. The lowest BCUT2D eigenvalue weighted by molar-refractivity contribution is 0.0925. The van der Waals surface area contributed by atoms with Gasteiger partial charge in [-0.1, -0.05) is 6.92 Å². The van der Waals surface area contributed by atoms with E-state index >= 15 is 0 Å². The van der Waals surface area contributed by atoms with E-state index in [1.807, 2.05) is 24.3 Å². The zero-order chi connectivity index (χ0) is 24.1. The van der Waals surface area contributed by atoms with E-state index in [1.54, 1.807) is 13.8 Å². The molecule has 0 radical (unpaired) electrons. The van der Waals surface area contributed by atoms with Crippen LogP contribution < -0.4 is 15.5 Å². The molecule has 1 saturated carbocycles. The molecular weight excluding hydrogens is 454 g/mol. The maximum absolute atomic E-state index is 13.0. The summed E-state index contributed by atoms with van der Waals surface area (Å²) in [6.45, 7) is 7.35. The van der Waals surface area contributed by atoms with Crippen molar-refractivity contribution < 1.29 is 17.9 Å². The number of sulfone groups is 1. The molecule has 2 aromatic rings. The van der Waals surface area contributed by atoms with E-state index in [1.165, 1.54) is 0 Å². The zero-order valence-electron chi connectivity index (χ0n) is 19.8. The van der Waals surface area contributed by atoms with Gasteiger partial charge >= 0.3 is 6.03 Å². The van der Waals surface area contributed by atoms with Crippen LogP contribution in [-0.4, -0.2) is 56.3 Å². The average molecular weight is 486 g/mol. The normalized spacial score (nSPS) is 22.8. The van der Waals surface area contributed by atoms with Gasteiger partial charge in [0.25, 0.3) is 0 Å². The number of anilines is 2. The van der Waals surface area contributed by atoms with E-state index in [0.29, 0.717) is 48.3 Å². The fraction of sp³-hybridized carbons (Fsp3) is 0.542. The molecule has 1 aromatic carbocycles. The smallest absolute Gasteiger partial charge is 0.319 e. The zero-order valence-corrected chi connectivity index (χ0v) is 20.6. The Morgan fingerprint density at radius 2 is 1.94 bits per heavy atom. The van der Waals surface area contributed by atoms with Crippen LogP contribution in [0.15, 0.2) is 24.3 Å². The first-order valence-electron chi connectivity index (χ1n) is 11.9. The molecule has 2 N–H and O–H groups in total. The SMILES string of the molecule is CCC1COCCN1c1nc(-c2ccc(NC(=O)NC3CC3)cc2)nc2c1CS(=O)(=O)C2(C)C. The number of nitrogens with one attached hydrogen (secondary N) is 2. The van der Waals surface area contributed by atoms with Crippen molar-refractivity contribution in [3.05, 3.63) is 35.5 Å². The third kappa shape index (κ3) is 4.13. The molecule has 2 aliphatic heterocycles. The molecule has 5 rings (SSSR count). The second-order valence-electron chi connectivity index (χ2n) is 9.75. The van der Waals surface area contributed by atoms with Crippen molar-refractivity contribution in [2.45, 2.75) is 62.6 Å². The first-order chi connectivity index (χ1) is 16.2. The Labute approximate surface area is 200 Å². The average Bonchev–Trinajstić information content (AvgIpc) is 3.60. The first kappa shape index (κ1) is 23.0. The summed E-state index contributed by atoms with van der Waals surface area (Å²) in [7, 11) is -3.41. The molecule has 3 heterocycles. The summed E-state index contributed by atoms with van der Waals surface area (Å²) >= 11 is 0. The van der Waals surface area contributed by atoms with Crippen LogP contribution in [-0.2, 0) is 25.1 Å². The van der Waals surface area contributed by atoms with Crippen LogP contribution in [0.2, 0.25) is 0 Å². The van der Waals surface area contributed by atoms with Gasteiger partial charge < -0.3 is 20.3 Å². The van der Waals surface area contributed by atoms with Crippen LogP contribution in [0.5, 0.6) is 0 Å². The van der Waals surface area contributed by atoms with Crippen molar-refractivity contribution in [3.8, 4) is 11.4 Å². The largest absolute Gasteiger partial charge is 0.377 e. The van der Waals surface area contributed by atoms with Gasteiger partial charge in [0.2, 0.25) is 0 Å². The summed E-state index contributed by atoms with van der Waals surface area (Å²) in [5.74, 6) is 1.11. The lowest BCUT2D eigenvalue weighted by Crippen LogP contribution is -2.46. The van der Waals surface area contributed by atoms with Crippen LogP contribution in [0.3, 0.4) is 0 Å². The van der Waals surface area contributed by atoms with Crippen LogP contribution in [0.25, 0.3) is 11.4 Å². The molecule has 10 heteroatoms. The molecule has 2 fully saturated rings. The van der Waals surface area contributed by atoms with Gasteiger partial charge in [-0.15, -0.1) is 0 Å². The van der Waals surface area contributed by atoms with Gasteiger partial charge in [-0.2, -0.15) is 0 Å². The summed E-state index contributed by atoms with van der Waals surface area (Å²) in [6.07, 6.45) is 2.92. The molecule has 1 atom stereocenters. The monoisotopic (exact) mass is 485 g/mol. The number of amides is 2. The molecule has 1 aliphatic carbocycles. The molecule has 2 amide bonds. The second-order valence-corrected chi connectivity index (χ2v) is 12.3. The molecule has 1 saturated heterocycles. The molecular formula is C24H31N5O4S. The Balaban J connectivity index is 1.52. The van der Waals surface area contributed by atoms with Gasteiger partial charge in [0, 0.05) is 29.4 Å². The molecule has 1 aromatic heterocycles. The summed E-state index contributed by atoms with van der Waals surface area (Å²) < 4.78 is 30.7. The number of rotatable bonds is 5. The van der Waals surface area contributed by atoms with Gasteiger partial charge in [-0.25, -0.2) is 23.2 Å². The number of morpholine rings is 1. The Morgan fingerprint density at radius 1 is 1.21 bits per heavy atom. The van der Waals surface area contributed by atoms with Crippen LogP contribution in [0.1, 0.15) is 51.3 Å². The van der Waals surface area contributed by atoms with Gasteiger partial charge in [0.05, 0.1) is 30.7 Å². The van der Waals surface area contributed by atoms with Gasteiger partial charge in [0.15, 0.2) is 15.7 Å². The van der Waals surface area contributed by atoms with Crippen molar-refractivity contribution in [2.24, 2.45) is 0 Å². The van der Waals surface area contributed by atoms with Crippen molar-refractivity contribution in [1.82, 2.24) is 15.3 Å². The van der Waals surface area contributed by atoms with E-state index in [0.717, 1.165) is 24.8 Å². The Bertz CT molecular complexity index is 1210. The van der Waals surface area contributed by atoms with E-state index in [9.17, 15) is 13.2 Å². The van der Waals surface area contributed by atoms with Gasteiger partial charge in [-0.05, 0) is 57.4 Å². The number of aromatic nitrogens is 2. The number of benzene rings is 1. The highest BCUT2D eigenvalue weighted by molar-refractivity contribution is 7.91. The maximum atomic E-state index is 13.0. The maximum Gasteiger partial charge on any atom is 0.319 e. The number of urea groups is 1. The van der Waals surface area contributed by atoms with Crippen molar-refractivity contribution >= 4 is 27.4 Å². The quantitative estimate of drug-likeness (QED) is 0.668. The van der Waals surface area contributed by atoms with E-state index < -0.39 is 14.6 Å². The van der Waals surface area contributed by atoms with Crippen LogP contribution >= 0.6 is 0 Å². The molecule has 182 valence electrons. The molecule has 0 bridgehead atoms. The third-order valence-electron chi connectivity index (χ3n) is 6.95. The number of hydrogen-bond acceptors (Lipinski definition) is 7. The minimum absolute atomic E-state index is 0.0578. The Morgan fingerprint density at radius 3 is 2.62 bits per heavy atom. The molecule has 3 aliphatic rings. The predicted octanol–water partition coefficient (Wildman–Crippen LogP) is 3.21. The highest BCUT2D eigenvalue weighted by atomic mass is 32.2. The Hall–Kier alpha value is -2.72. The van der Waals surface area contributed by atoms with Gasteiger partial charge in [0.1, 0.15) is 10.6 Å². The summed E-state index contributed by atoms with van der Waals surface area (Å²) in [5, 5.41) is 5.74. The lowest BCUT2D eigenvalue weighted by Gasteiger charge is -2.37. The highest BCUT2D eigenvalue weighted by Crippen LogP contribution is 2.45. The second kappa shape index (κ2) is 8.49. The standard InChI is InChI=1S/C24H31N5O4S/c1-4-18-13-33-12-11-29(18)22-19-14-34(31,32)24(2,3)20(19)27-21(28-22)15-5-7-16(8-6-15)25-23(30)26-17-9-10-17/h5-8,17-18H,4,9-14H2,1-3H3,(H2,25,26,30). The lowest BCUT2D eigenvalue weighted by atomic mass is 10.0. The third-order valence-corrected chi connectivity index (χ3v) is 9.37. The molecule has 34 heavy (non-hydrogen) atoms. The number of fused-ring (bicyclic) bond motifs is 1.